The van der Waals surface area contributed by atoms with E-state index in [1.165, 1.54) is 0 Å². The zero-order valence-corrected chi connectivity index (χ0v) is 10.7. The number of hydrogen-bond acceptors (Lipinski definition) is 2. The zero-order valence-electron chi connectivity index (χ0n) is 10.7. The Bertz CT molecular complexity index is 728. The Labute approximate surface area is 105 Å². The van der Waals surface area contributed by atoms with Gasteiger partial charge in [0.25, 0.3) is 0 Å². The second-order valence-electron chi connectivity index (χ2n) is 4.35. The molecule has 2 aromatic carbocycles. The highest BCUT2D eigenvalue weighted by Gasteiger charge is 2.16. The summed E-state index contributed by atoms with van der Waals surface area (Å²) < 4.78 is 11.0. The molecule has 0 bridgehead atoms. The van der Waals surface area contributed by atoms with Gasteiger partial charge in [0.15, 0.2) is 11.5 Å². The Morgan fingerprint density at radius 3 is 2.39 bits per heavy atom. The average molecular weight is 241 g/mol. The maximum Gasteiger partial charge on any atom is 0.170 e. The Morgan fingerprint density at radius 1 is 0.944 bits per heavy atom. The number of aromatic amines is 1. The summed E-state index contributed by atoms with van der Waals surface area (Å²) in [5.74, 6) is 1.60. The highest BCUT2D eigenvalue weighted by molar-refractivity contribution is 6.11. The fourth-order valence-electron chi connectivity index (χ4n) is 2.54. The van der Waals surface area contributed by atoms with Crippen molar-refractivity contribution in [2.75, 3.05) is 14.2 Å². The van der Waals surface area contributed by atoms with E-state index in [0.717, 1.165) is 38.9 Å². The van der Waals surface area contributed by atoms with Crippen molar-refractivity contribution < 1.29 is 9.47 Å². The summed E-state index contributed by atoms with van der Waals surface area (Å²) in [5, 5.41) is 2.23. The minimum absolute atomic E-state index is 0.796. The van der Waals surface area contributed by atoms with Crippen LogP contribution >= 0.6 is 0 Å². The number of methoxy groups -OCH3 is 2. The molecule has 1 aromatic heterocycles. The minimum atomic E-state index is 0.796. The summed E-state index contributed by atoms with van der Waals surface area (Å²) >= 11 is 0. The van der Waals surface area contributed by atoms with Crippen molar-refractivity contribution in [3.63, 3.8) is 0 Å². The second kappa shape index (κ2) is 3.95. The molecule has 0 aliphatic carbocycles. The number of fused-ring (bicyclic) bond motifs is 3. The molecular formula is C15H15NO2. The van der Waals surface area contributed by atoms with E-state index in [1.807, 2.05) is 19.1 Å². The molecule has 18 heavy (non-hydrogen) atoms. The highest BCUT2D eigenvalue weighted by atomic mass is 16.5. The van der Waals surface area contributed by atoms with E-state index in [1.54, 1.807) is 14.2 Å². The highest BCUT2D eigenvalue weighted by Crippen LogP contribution is 2.41. The molecule has 0 spiro atoms. The predicted molar refractivity (Wildman–Crippen MR) is 73.6 cm³/mol. The Balaban J connectivity index is 2.54. The van der Waals surface area contributed by atoms with Crippen LogP contribution in [-0.4, -0.2) is 19.2 Å². The normalized spacial score (nSPS) is 11.1. The van der Waals surface area contributed by atoms with E-state index in [-0.39, 0.29) is 0 Å². The third kappa shape index (κ3) is 1.37. The van der Waals surface area contributed by atoms with Crippen LogP contribution in [0.4, 0.5) is 0 Å². The average Bonchev–Trinajstić information content (AvgIpc) is 2.74. The minimum Gasteiger partial charge on any atom is -0.493 e. The van der Waals surface area contributed by atoms with Crippen LogP contribution in [0.2, 0.25) is 0 Å². The van der Waals surface area contributed by atoms with Gasteiger partial charge in [0, 0.05) is 10.9 Å². The van der Waals surface area contributed by atoms with Crippen molar-refractivity contribution in [2.45, 2.75) is 6.92 Å². The van der Waals surface area contributed by atoms with E-state index in [0.29, 0.717) is 0 Å². The van der Waals surface area contributed by atoms with Gasteiger partial charge in [-0.15, -0.1) is 0 Å². The van der Waals surface area contributed by atoms with Crippen LogP contribution in [0.3, 0.4) is 0 Å². The van der Waals surface area contributed by atoms with Gasteiger partial charge in [0.05, 0.1) is 25.1 Å². The van der Waals surface area contributed by atoms with Gasteiger partial charge in [-0.1, -0.05) is 18.2 Å². The summed E-state index contributed by atoms with van der Waals surface area (Å²) in [5.41, 5.74) is 3.25. The predicted octanol–water partition coefficient (Wildman–Crippen LogP) is 3.65. The molecule has 3 aromatic rings. The molecule has 3 nitrogen and oxygen atoms in total. The molecule has 0 radical (unpaired) electrons. The zero-order chi connectivity index (χ0) is 12.7. The third-order valence-corrected chi connectivity index (χ3v) is 3.30. The number of hydrogen-bond donors (Lipinski definition) is 1. The standard InChI is InChI=1S/C15H15NO2/c1-9-8-12-13(15(18-3)14(9)17-2)10-6-4-5-7-11(10)16-12/h4-8,16H,1-3H3. The van der Waals surface area contributed by atoms with E-state index in [2.05, 4.69) is 23.2 Å². The lowest BCUT2D eigenvalue weighted by Gasteiger charge is -2.11. The lowest BCUT2D eigenvalue weighted by atomic mass is 10.1. The third-order valence-electron chi connectivity index (χ3n) is 3.30. The first-order valence-corrected chi connectivity index (χ1v) is 5.88. The number of aryl methyl sites for hydroxylation is 1. The fourth-order valence-corrected chi connectivity index (χ4v) is 2.54. The molecule has 0 aliphatic heterocycles. The lowest BCUT2D eigenvalue weighted by Crippen LogP contribution is -1.93. The van der Waals surface area contributed by atoms with Crippen molar-refractivity contribution in [2.24, 2.45) is 0 Å². The topological polar surface area (TPSA) is 34.2 Å². The summed E-state index contributed by atoms with van der Waals surface area (Å²) in [6.45, 7) is 2.02. The molecule has 0 aliphatic rings. The van der Waals surface area contributed by atoms with Crippen LogP contribution in [-0.2, 0) is 0 Å². The van der Waals surface area contributed by atoms with E-state index < -0.39 is 0 Å². The van der Waals surface area contributed by atoms with Gasteiger partial charge in [-0.05, 0) is 24.6 Å². The molecule has 1 heterocycles. The number of rotatable bonds is 2. The molecule has 0 amide bonds. The maximum atomic E-state index is 5.55. The number of nitrogens with one attached hydrogen (secondary N) is 1. The molecular weight excluding hydrogens is 226 g/mol. The molecule has 0 saturated heterocycles. The van der Waals surface area contributed by atoms with E-state index >= 15 is 0 Å². The van der Waals surface area contributed by atoms with Gasteiger partial charge in [-0.3, -0.25) is 0 Å². The SMILES string of the molecule is COc1c(C)cc2[nH]c3ccccc3c2c1OC. The van der Waals surface area contributed by atoms with Crippen molar-refractivity contribution in [1.82, 2.24) is 4.98 Å². The maximum absolute atomic E-state index is 5.55. The summed E-state index contributed by atoms with van der Waals surface area (Å²) in [6, 6.07) is 10.3. The lowest BCUT2D eigenvalue weighted by molar-refractivity contribution is 0.356. The van der Waals surface area contributed by atoms with Crippen molar-refractivity contribution in [3.05, 3.63) is 35.9 Å². The first kappa shape index (κ1) is 11.0. The van der Waals surface area contributed by atoms with Crippen LogP contribution in [0.1, 0.15) is 5.56 Å². The fraction of sp³-hybridized carbons (Fsp3) is 0.200. The molecule has 92 valence electrons. The Kier molecular flexibility index (Phi) is 2.40. The van der Waals surface area contributed by atoms with Crippen molar-refractivity contribution >= 4 is 21.8 Å². The monoisotopic (exact) mass is 241 g/mol. The van der Waals surface area contributed by atoms with Crippen LogP contribution in [0.15, 0.2) is 30.3 Å². The second-order valence-corrected chi connectivity index (χ2v) is 4.35. The number of H-pyrrole nitrogens is 1. The number of ether oxygens (including phenoxy) is 2. The summed E-state index contributed by atoms with van der Waals surface area (Å²) in [4.78, 5) is 3.41. The van der Waals surface area contributed by atoms with Gasteiger partial charge < -0.3 is 14.5 Å². The quantitative estimate of drug-likeness (QED) is 0.743. The molecule has 0 saturated carbocycles. The van der Waals surface area contributed by atoms with Crippen LogP contribution in [0, 0.1) is 6.92 Å². The smallest absolute Gasteiger partial charge is 0.170 e. The first-order valence-electron chi connectivity index (χ1n) is 5.88. The Morgan fingerprint density at radius 2 is 1.67 bits per heavy atom. The van der Waals surface area contributed by atoms with Gasteiger partial charge in [-0.25, -0.2) is 0 Å². The van der Waals surface area contributed by atoms with Crippen LogP contribution in [0.25, 0.3) is 21.8 Å². The van der Waals surface area contributed by atoms with Gasteiger partial charge in [-0.2, -0.15) is 0 Å². The van der Waals surface area contributed by atoms with Crippen LogP contribution in [0.5, 0.6) is 11.5 Å². The number of aromatic nitrogens is 1. The summed E-state index contributed by atoms with van der Waals surface area (Å²) in [7, 11) is 3.35. The first-order chi connectivity index (χ1) is 8.76. The van der Waals surface area contributed by atoms with Gasteiger partial charge in [0.2, 0.25) is 0 Å². The van der Waals surface area contributed by atoms with Crippen molar-refractivity contribution in [1.29, 1.82) is 0 Å². The van der Waals surface area contributed by atoms with E-state index in [4.69, 9.17) is 9.47 Å². The Hall–Kier alpha value is -2.16. The molecule has 0 unspecified atom stereocenters. The summed E-state index contributed by atoms with van der Waals surface area (Å²) in [6.07, 6.45) is 0. The largest absolute Gasteiger partial charge is 0.493 e. The molecule has 0 fully saturated rings. The number of para-hydroxylation sites is 1. The van der Waals surface area contributed by atoms with E-state index in [9.17, 15) is 0 Å². The van der Waals surface area contributed by atoms with Crippen molar-refractivity contribution in [3.8, 4) is 11.5 Å². The number of benzene rings is 2. The van der Waals surface area contributed by atoms with Gasteiger partial charge in [0.1, 0.15) is 0 Å². The molecule has 1 N–H and O–H groups in total. The van der Waals surface area contributed by atoms with Crippen LogP contribution < -0.4 is 9.47 Å². The van der Waals surface area contributed by atoms with Gasteiger partial charge >= 0.3 is 0 Å². The molecule has 3 rings (SSSR count). The molecule has 3 heteroatoms. The molecule has 0 atom stereocenters.